The Bertz CT molecular complexity index is 526. The highest BCUT2D eigenvalue weighted by Crippen LogP contribution is 2.21. The molecule has 0 saturated carbocycles. The number of hydrogen-bond acceptors (Lipinski definition) is 4. The van der Waals surface area contributed by atoms with Crippen LogP contribution in [0.5, 0.6) is 0 Å². The van der Waals surface area contributed by atoms with E-state index in [9.17, 15) is 4.39 Å². The molecule has 0 radical (unpaired) electrons. The largest absolute Gasteiger partial charge is 0.372 e. The summed E-state index contributed by atoms with van der Waals surface area (Å²) in [6.45, 7) is 4.62. The Balaban J connectivity index is 1.58. The van der Waals surface area contributed by atoms with Crippen LogP contribution < -0.4 is 0 Å². The van der Waals surface area contributed by atoms with Gasteiger partial charge in [-0.15, -0.1) is 0 Å². The maximum Gasteiger partial charge on any atom is 0.190 e. The predicted octanol–water partition coefficient (Wildman–Crippen LogP) is 3.11. The number of halogens is 2. The normalized spacial score (nSPS) is 19.2. The molecule has 0 bridgehead atoms. The molecule has 0 aromatic heterocycles. The van der Waals surface area contributed by atoms with Crippen molar-refractivity contribution < 1.29 is 9.23 Å². The first-order valence-corrected chi connectivity index (χ1v) is 8.21. The molecule has 2 aliphatic rings. The van der Waals surface area contributed by atoms with Crippen molar-refractivity contribution in [2.24, 2.45) is 5.16 Å². The molecule has 0 N–H and O–H groups in total. The predicted molar refractivity (Wildman–Crippen MR) is 85.5 cm³/mol. The number of piperidine rings is 1. The number of benzene rings is 1. The summed E-state index contributed by atoms with van der Waals surface area (Å²) in [5, 5.41) is 4.49. The molecule has 4 nitrogen and oxygen atoms in total. The topological polar surface area (TPSA) is 28.1 Å². The van der Waals surface area contributed by atoms with Crippen LogP contribution in [0, 0.1) is 5.82 Å². The van der Waals surface area contributed by atoms with E-state index in [1.165, 1.54) is 38.4 Å². The maximum atomic E-state index is 13.9. The van der Waals surface area contributed by atoms with E-state index >= 15 is 0 Å². The van der Waals surface area contributed by atoms with Gasteiger partial charge in [-0.25, -0.2) is 4.39 Å². The van der Waals surface area contributed by atoms with Gasteiger partial charge in [0.1, 0.15) is 5.82 Å². The molecular formula is C16H21ClFN3O. The summed E-state index contributed by atoms with van der Waals surface area (Å²) in [4.78, 5) is 9.73. The molecule has 1 aromatic carbocycles. The van der Waals surface area contributed by atoms with Crippen LogP contribution in [-0.2, 0) is 11.3 Å². The number of oxime groups is 1. The Morgan fingerprint density at radius 2 is 2.00 bits per heavy atom. The van der Waals surface area contributed by atoms with E-state index in [0.29, 0.717) is 23.7 Å². The fourth-order valence-corrected chi connectivity index (χ4v) is 3.18. The van der Waals surface area contributed by atoms with Crippen molar-refractivity contribution in [3.05, 3.63) is 34.6 Å². The number of amidine groups is 1. The molecule has 1 saturated heterocycles. The zero-order valence-corrected chi connectivity index (χ0v) is 13.4. The van der Waals surface area contributed by atoms with E-state index in [1.807, 2.05) is 0 Å². The molecule has 0 aliphatic carbocycles. The van der Waals surface area contributed by atoms with Gasteiger partial charge in [-0.1, -0.05) is 29.2 Å². The van der Waals surface area contributed by atoms with Crippen molar-refractivity contribution in [1.29, 1.82) is 0 Å². The van der Waals surface area contributed by atoms with Gasteiger partial charge in [0, 0.05) is 30.1 Å². The summed E-state index contributed by atoms with van der Waals surface area (Å²) in [7, 11) is 0. The second-order valence-electron chi connectivity index (χ2n) is 5.81. The first kappa shape index (κ1) is 15.6. The lowest BCUT2D eigenvalue weighted by Crippen LogP contribution is -2.39. The highest BCUT2D eigenvalue weighted by molar-refractivity contribution is 6.31. The molecule has 1 fully saturated rings. The molecule has 22 heavy (non-hydrogen) atoms. The fraction of sp³-hybridized carbons (Fsp3) is 0.562. The minimum absolute atomic E-state index is 0.293. The lowest BCUT2D eigenvalue weighted by atomic mass is 10.1. The van der Waals surface area contributed by atoms with Crippen LogP contribution in [-0.4, -0.2) is 48.5 Å². The molecule has 1 aromatic rings. The minimum Gasteiger partial charge on any atom is -0.372 e. The third-order valence-corrected chi connectivity index (χ3v) is 4.63. The third-order valence-electron chi connectivity index (χ3n) is 4.28. The lowest BCUT2D eigenvalue weighted by molar-refractivity contribution is 0.101. The van der Waals surface area contributed by atoms with Crippen LogP contribution in [0.4, 0.5) is 4.39 Å². The quantitative estimate of drug-likeness (QED) is 0.832. The molecule has 120 valence electrons. The van der Waals surface area contributed by atoms with E-state index in [0.717, 1.165) is 18.9 Å². The minimum atomic E-state index is -0.293. The van der Waals surface area contributed by atoms with Crippen molar-refractivity contribution in [3.8, 4) is 0 Å². The van der Waals surface area contributed by atoms with Gasteiger partial charge in [0.15, 0.2) is 12.6 Å². The Labute approximate surface area is 135 Å². The average molecular weight is 326 g/mol. The maximum absolute atomic E-state index is 13.9. The second kappa shape index (κ2) is 7.29. The summed E-state index contributed by atoms with van der Waals surface area (Å²) in [6, 6.07) is 4.74. The highest BCUT2D eigenvalue weighted by atomic mass is 35.5. The molecule has 2 heterocycles. The summed E-state index contributed by atoms with van der Waals surface area (Å²) < 4.78 is 13.9. The van der Waals surface area contributed by atoms with Gasteiger partial charge in [-0.05, 0) is 38.1 Å². The van der Waals surface area contributed by atoms with Crippen LogP contribution in [0.3, 0.4) is 0 Å². The SMILES string of the molecule is Fc1cccc(Cl)c1CC1=NOCN1CCN1CCCCC1. The Kier molecular flexibility index (Phi) is 5.16. The second-order valence-corrected chi connectivity index (χ2v) is 6.22. The summed E-state index contributed by atoms with van der Waals surface area (Å²) in [5.74, 6) is 0.460. The van der Waals surface area contributed by atoms with Gasteiger partial charge in [0.25, 0.3) is 0 Å². The first-order chi connectivity index (χ1) is 10.7. The smallest absolute Gasteiger partial charge is 0.190 e. The third kappa shape index (κ3) is 3.70. The zero-order valence-electron chi connectivity index (χ0n) is 12.6. The molecule has 0 atom stereocenters. The molecule has 0 unspecified atom stereocenters. The van der Waals surface area contributed by atoms with Gasteiger partial charge in [-0.2, -0.15) is 0 Å². The van der Waals surface area contributed by atoms with Crippen LogP contribution in [0.1, 0.15) is 24.8 Å². The number of rotatable bonds is 5. The van der Waals surface area contributed by atoms with Gasteiger partial charge >= 0.3 is 0 Å². The number of hydrogen-bond donors (Lipinski definition) is 0. The van der Waals surface area contributed by atoms with E-state index in [2.05, 4.69) is 15.0 Å². The summed E-state index contributed by atoms with van der Waals surface area (Å²) >= 11 is 6.09. The van der Waals surface area contributed by atoms with Crippen molar-refractivity contribution in [1.82, 2.24) is 9.80 Å². The van der Waals surface area contributed by atoms with Crippen LogP contribution >= 0.6 is 11.6 Å². The van der Waals surface area contributed by atoms with Crippen molar-refractivity contribution in [2.45, 2.75) is 25.7 Å². The fourth-order valence-electron chi connectivity index (χ4n) is 2.95. The van der Waals surface area contributed by atoms with E-state index in [1.54, 1.807) is 12.1 Å². The van der Waals surface area contributed by atoms with Crippen LogP contribution in [0.25, 0.3) is 0 Å². The summed E-state index contributed by atoms with van der Waals surface area (Å²) in [6.07, 6.45) is 4.26. The number of likely N-dealkylation sites (tertiary alicyclic amines) is 1. The van der Waals surface area contributed by atoms with Gasteiger partial charge < -0.3 is 14.6 Å². The van der Waals surface area contributed by atoms with Gasteiger partial charge in [0.2, 0.25) is 0 Å². The van der Waals surface area contributed by atoms with Gasteiger partial charge in [-0.3, -0.25) is 0 Å². The van der Waals surface area contributed by atoms with Crippen molar-refractivity contribution >= 4 is 17.4 Å². The molecule has 3 rings (SSSR count). The summed E-state index contributed by atoms with van der Waals surface area (Å²) in [5.41, 5.74) is 0.483. The molecular weight excluding hydrogens is 305 g/mol. The standard InChI is InChI=1S/C16H21ClFN3O/c17-14-5-4-6-15(18)13(14)11-16-19-22-12-21(16)10-9-20-7-2-1-3-8-20/h4-6H,1-3,7-12H2. The molecule has 0 spiro atoms. The first-order valence-electron chi connectivity index (χ1n) is 7.83. The van der Waals surface area contributed by atoms with Crippen molar-refractivity contribution in [3.63, 3.8) is 0 Å². The Hall–Kier alpha value is -1.33. The van der Waals surface area contributed by atoms with E-state index in [4.69, 9.17) is 16.4 Å². The lowest BCUT2D eigenvalue weighted by Gasteiger charge is -2.28. The zero-order chi connectivity index (χ0) is 15.4. The van der Waals surface area contributed by atoms with Crippen LogP contribution in [0.15, 0.2) is 23.4 Å². The van der Waals surface area contributed by atoms with E-state index < -0.39 is 0 Å². The monoisotopic (exact) mass is 325 g/mol. The van der Waals surface area contributed by atoms with Gasteiger partial charge in [0.05, 0.1) is 0 Å². The Morgan fingerprint density at radius 1 is 1.18 bits per heavy atom. The molecule has 6 heteroatoms. The average Bonchev–Trinajstić information content (AvgIpc) is 2.97. The molecule has 2 aliphatic heterocycles. The molecule has 0 amide bonds. The Morgan fingerprint density at radius 3 is 2.77 bits per heavy atom. The highest BCUT2D eigenvalue weighted by Gasteiger charge is 2.22. The van der Waals surface area contributed by atoms with E-state index in [-0.39, 0.29) is 5.82 Å². The van der Waals surface area contributed by atoms with Crippen LogP contribution in [0.2, 0.25) is 5.02 Å². The number of nitrogens with zero attached hydrogens (tertiary/aromatic N) is 3. The van der Waals surface area contributed by atoms with Crippen molar-refractivity contribution in [2.75, 3.05) is 32.9 Å².